The minimum absolute atomic E-state index is 0.107. The summed E-state index contributed by atoms with van der Waals surface area (Å²) in [6.45, 7) is 4.01. The zero-order chi connectivity index (χ0) is 13.4. The molecule has 0 spiro atoms. The van der Waals surface area contributed by atoms with Gasteiger partial charge in [0.2, 0.25) is 0 Å². The summed E-state index contributed by atoms with van der Waals surface area (Å²) >= 11 is 0. The number of hydrogen-bond donors (Lipinski definition) is 2. The van der Waals surface area contributed by atoms with Crippen LogP contribution in [0.5, 0.6) is 0 Å². The maximum atomic E-state index is 11.2. The molecule has 0 saturated heterocycles. The Balaban J connectivity index is 2.14. The average Bonchev–Trinajstić information content (AvgIpc) is 2.27. The van der Waals surface area contributed by atoms with Crippen molar-refractivity contribution in [2.24, 2.45) is 35.5 Å². The van der Waals surface area contributed by atoms with E-state index >= 15 is 0 Å². The molecule has 0 aliphatic heterocycles. The number of hydrogen-bond acceptors (Lipinski definition) is 2. The molecule has 2 fully saturated rings. The van der Waals surface area contributed by atoms with Gasteiger partial charge >= 0.3 is 11.9 Å². The number of aliphatic carboxylic acids is 2. The van der Waals surface area contributed by atoms with Crippen LogP contribution in [-0.4, -0.2) is 22.2 Å². The number of fused-ring (bicyclic) bond motifs is 1. The van der Waals surface area contributed by atoms with E-state index in [9.17, 15) is 19.8 Å². The Morgan fingerprint density at radius 3 is 2.11 bits per heavy atom. The Kier molecular flexibility index (Phi) is 3.64. The zero-order valence-electron chi connectivity index (χ0n) is 11.0. The third-order valence-corrected chi connectivity index (χ3v) is 5.29. The molecule has 102 valence electrons. The van der Waals surface area contributed by atoms with Gasteiger partial charge in [-0.15, -0.1) is 0 Å². The summed E-state index contributed by atoms with van der Waals surface area (Å²) in [5.41, 5.74) is 0. The lowest BCUT2D eigenvalue weighted by molar-refractivity contribution is -0.151. The first-order valence-electron chi connectivity index (χ1n) is 6.87. The van der Waals surface area contributed by atoms with E-state index in [1.165, 1.54) is 0 Å². The molecule has 0 aromatic heterocycles. The van der Waals surface area contributed by atoms with Gasteiger partial charge in [-0.25, -0.2) is 0 Å². The molecule has 0 radical (unpaired) electrons. The molecule has 6 atom stereocenters. The van der Waals surface area contributed by atoms with Crippen molar-refractivity contribution in [1.82, 2.24) is 0 Å². The lowest BCUT2D eigenvalue weighted by Crippen LogP contribution is -2.44. The average molecular weight is 254 g/mol. The monoisotopic (exact) mass is 254 g/mol. The molecule has 2 saturated carbocycles. The van der Waals surface area contributed by atoms with Gasteiger partial charge in [-0.3, -0.25) is 9.59 Å². The van der Waals surface area contributed by atoms with Crippen LogP contribution in [-0.2, 0) is 9.59 Å². The summed E-state index contributed by atoms with van der Waals surface area (Å²) in [5, 5.41) is 18.5. The van der Waals surface area contributed by atoms with Crippen molar-refractivity contribution in [3.05, 3.63) is 0 Å². The fourth-order valence-electron chi connectivity index (χ4n) is 4.16. The highest BCUT2D eigenvalue weighted by Crippen LogP contribution is 2.49. The second-order valence-electron chi connectivity index (χ2n) is 6.20. The van der Waals surface area contributed by atoms with E-state index in [4.69, 9.17) is 0 Å². The molecule has 4 nitrogen and oxygen atoms in total. The smallest absolute Gasteiger partial charge is 0.306 e. The molecule has 2 N–H and O–H groups in total. The van der Waals surface area contributed by atoms with Gasteiger partial charge in [0.25, 0.3) is 0 Å². The topological polar surface area (TPSA) is 74.6 Å². The molecule has 6 unspecified atom stereocenters. The van der Waals surface area contributed by atoms with Crippen LogP contribution >= 0.6 is 0 Å². The summed E-state index contributed by atoms with van der Waals surface area (Å²) in [4.78, 5) is 22.4. The van der Waals surface area contributed by atoms with Crippen molar-refractivity contribution < 1.29 is 19.8 Å². The van der Waals surface area contributed by atoms with E-state index < -0.39 is 11.9 Å². The van der Waals surface area contributed by atoms with Gasteiger partial charge in [0, 0.05) is 0 Å². The third-order valence-electron chi connectivity index (χ3n) is 5.29. The van der Waals surface area contributed by atoms with Crippen LogP contribution in [0.3, 0.4) is 0 Å². The van der Waals surface area contributed by atoms with Crippen molar-refractivity contribution in [3.8, 4) is 0 Å². The molecule has 0 aromatic rings. The van der Waals surface area contributed by atoms with E-state index in [0.29, 0.717) is 12.3 Å². The Hall–Kier alpha value is -1.06. The lowest BCUT2D eigenvalue weighted by Gasteiger charge is -2.46. The molecule has 2 rings (SSSR count). The first-order chi connectivity index (χ1) is 8.41. The highest BCUT2D eigenvalue weighted by molar-refractivity contribution is 5.71. The summed E-state index contributed by atoms with van der Waals surface area (Å²) in [6.07, 6.45) is 3.30. The molecular weight excluding hydrogens is 232 g/mol. The van der Waals surface area contributed by atoms with Gasteiger partial charge < -0.3 is 10.2 Å². The van der Waals surface area contributed by atoms with Crippen molar-refractivity contribution in [3.63, 3.8) is 0 Å². The molecule has 2 aliphatic rings. The molecule has 4 heteroatoms. The first-order valence-corrected chi connectivity index (χ1v) is 6.87. The summed E-state index contributed by atoms with van der Waals surface area (Å²) < 4.78 is 0. The van der Waals surface area contributed by atoms with E-state index in [1.54, 1.807) is 0 Å². The predicted molar refractivity (Wildman–Crippen MR) is 66.0 cm³/mol. The van der Waals surface area contributed by atoms with Crippen LogP contribution in [0.2, 0.25) is 0 Å². The van der Waals surface area contributed by atoms with Crippen molar-refractivity contribution in [2.75, 3.05) is 0 Å². The van der Waals surface area contributed by atoms with E-state index in [0.717, 1.165) is 19.3 Å². The van der Waals surface area contributed by atoms with Gasteiger partial charge in [0.15, 0.2) is 0 Å². The third kappa shape index (κ3) is 2.25. The van der Waals surface area contributed by atoms with Crippen LogP contribution < -0.4 is 0 Å². The molecule has 2 aliphatic carbocycles. The second kappa shape index (κ2) is 4.90. The van der Waals surface area contributed by atoms with Gasteiger partial charge in [-0.05, 0) is 49.4 Å². The maximum Gasteiger partial charge on any atom is 0.306 e. The fourth-order valence-corrected chi connectivity index (χ4v) is 4.16. The van der Waals surface area contributed by atoms with Crippen LogP contribution in [0.4, 0.5) is 0 Å². The molecule has 0 amide bonds. The number of carbonyl (C=O) groups is 2. The minimum atomic E-state index is -0.717. The summed E-state index contributed by atoms with van der Waals surface area (Å²) in [6, 6.07) is 0. The Morgan fingerprint density at radius 1 is 0.944 bits per heavy atom. The van der Waals surface area contributed by atoms with E-state index in [-0.39, 0.29) is 29.6 Å². The van der Waals surface area contributed by atoms with Crippen LogP contribution in [0.25, 0.3) is 0 Å². The van der Waals surface area contributed by atoms with E-state index in [2.05, 4.69) is 0 Å². The maximum absolute atomic E-state index is 11.2. The molecule has 0 aromatic carbocycles. The van der Waals surface area contributed by atoms with Gasteiger partial charge in [0.1, 0.15) is 0 Å². The highest BCUT2D eigenvalue weighted by Gasteiger charge is 2.46. The molecular formula is C14H22O4. The number of rotatable bonds is 2. The van der Waals surface area contributed by atoms with Crippen molar-refractivity contribution in [2.45, 2.75) is 39.5 Å². The highest BCUT2D eigenvalue weighted by atomic mass is 16.4. The SMILES string of the molecule is CC1CC2CCC(C(=O)O)C(C)C2CC1C(=O)O. The normalized spacial score (nSPS) is 44.1. The predicted octanol–water partition coefficient (Wildman–Crippen LogP) is 2.48. The van der Waals surface area contributed by atoms with Crippen LogP contribution in [0.15, 0.2) is 0 Å². The number of carboxylic acid groups (broad SMARTS) is 2. The summed E-state index contributed by atoms with van der Waals surface area (Å²) in [5.74, 6) is -0.876. The fraction of sp³-hybridized carbons (Fsp3) is 0.857. The van der Waals surface area contributed by atoms with Crippen molar-refractivity contribution in [1.29, 1.82) is 0 Å². The summed E-state index contributed by atoms with van der Waals surface area (Å²) in [7, 11) is 0. The Labute approximate surface area is 107 Å². The molecule has 18 heavy (non-hydrogen) atoms. The number of carboxylic acids is 2. The zero-order valence-corrected chi connectivity index (χ0v) is 11.0. The van der Waals surface area contributed by atoms with Crippen LogP contribution in [0.1, 0.15) is 39.5 Å². The van der Waals surface area contributed by atoms with Crippen molar-refractivity contribution >= 4 is 11.9 Å². The molecule has 0 heterocycles. The first kappa shape index (κ1) is 13.4. The standard InChI is InChI=1S/C14H22O4/c1-7-5-9-3-4-10(13(15)16)8(2)12(9)6-11(7)14(17)18/h7-12H,3-6H2,1-2H3,(H,15,16)(H,17,18). The minimum Gasteiger partial charge on any atom is -0.481 e. The van der Waals surface area contributed by atoms with Gasteiger partial charge in [-0.1, -0.05) is 13.8 Å². The Morgan fingerprint density at radius 2 is 1.56 bits per heavy atom. The van der Waals surface area contributed by atoms with Gasteiger partial charge in [-0.2, -0.15) is 0 Å². The van der Waals surface area contributed by atoms with Crippen LogP contribution in [0, 0.1) is 35.5 Å². The quantitative estimate of drug-likeness (QED) is 0.794. The molecule has 0 bridgehead atoms. The second-order valence-corrected chi connectivity index (χ2v) is 6.20. The Bertz CT molecular complexity index is 352. The largest absolute Gasteiger partial charge is 0.481 e. The van der Waals surface area contributed by atoms with Gasteiger partial charge in [0.05, 0.1) is 11.8 Å². The lowest BCUT2D eigenvalue weighted by atomic mass is 9.58. The van der Waals surface area contributed by atoms with E-state index in [1.807, 2.05) is 13.8 Å².